The Morgan fingerprint density at radius 3 is 2.75 bits per heavy atom. The molecular formula is C15H12N2O2S. The van der Waals surface area contributed by atoms with Gasteiger partial charge in [-0.25, -0.2) is 9.78 Å². The van der Waals surface area contributed by atoms with Crippen LogP contribution in [0, 0.1) is 6.92 Å². The standard InChI is InChI=1S/C15H12N2O2S/c1-9-5-4-8-12-13(9)17-15(20-12)16-11-7-3-2-6-10(11)14(18)19/h2-8H,1H3,(H,16,17)(H,18,19). The predicted octanol–water partition coefficient (Wildman–Crippen LogP) is 4.05. The molecule has 0 radical (unpaired) electrons. The van der Waals surface area contributed by atoms with Gasteiger partial charge in [-0.1, -0.05) is 35.6 Å². The number of benzene rings is 2. The summed E-state index contributed by atoms with van der Waals surface area (Å²) in [5.74, 6) is -0.953. The summed E-state index contributed by atoms with van der Waals surface area (Å²) in [4.78, 5) is 15.7. The topological polar surface area (TPSA) is 62.2 Å². The molecule has 0 spiro atoms. The lowest BCUT2D eigenvalue weighted by atomic mass is 10.2. The number of aryl methyl sites for hydroxylation is 1. The number of fused-ring (bicyclic) bond motifs is 1. The molecule has 1 aromatic heterocycles. The van der Waals surface area contributed by atoms with Gasteiger partial charge in [-0.15, -0.1) is 0 Å². The minimum Gasteiger partial charge on any atom is -0.478 e. The summed E-state index contributed by atoms with van der Waals surface area (Å²) in [7, 11) is 0. The lowest BCUT2D eigenvalue weighted by Gasteiger charge is -2.05. The molecule has 0 unspecified atom stereocenters. The van der Waals surface area contributed by atoms with Gasteiger partial charge in [0.15, 0.2) is 5.13 Å². The van der Waals surface area contributed by atoms with Crippen LogP contribution in [0.3, 0.4) is 0 Å². The Balaban J connectivity index is 2.02. The highest BCUT2D eigenvalue weighted by Gasteiger charge is 2.11. The minimum absolute atomic E-state index is 0.239. The molecule has 2 aromatic carbocycles. The van der Waals surface area contributed by atoms with Crippen molar-refractivity contribution >= 4 is 38.3 Å². The molecule has 2 N–H and O–H groups in total. The third-order valence-corrected chi connectivity index (χ3v) is 3.96. The second-order valence-electron chi connectivity index (χ2n) is 4.42. The fourth-order valence-corrected chi connectivity index (χ4v) is 2.99. The fraction of sp³-hybridized carbons (Fsp3) is 0.0667. The van der Waals surface area contributed by atoms with E-state index in [4.69, 9.17) is 0 Å². The average molecular weight is 284 g/mol. The van der Waals surface area contributed by atoms with E-state index in [-0.39, 0.29) is 5.56 Å². The molecule has 0 aliphatic rings. The first-order valence-electron chi connectivity index (χ1n) is 6.10. The van der Waals surface area contributed by atoms with Gasteiger partial charge < -0.3 is 10.4 Å². The largest absolute Gasteiger partial charge is 0.478 e. The number of hydrogen-bond acceptors (Lipinski definition) is 4. The number of rotatable bonds is 3. The van der Waals surface area contributed by atoms with Crippen LogP contribution in [0.15, 0.2) is 42.5 Å². The van der Waals surface area contributed by atoms with Gasteiger partial charge in [-0.2, -0.15) is 0 Å². The zero-order valence-electron chi connectivity index (χ0n) is 10.8. The summed E-state index contributed by atoms with van der Waals surface area (Å²) in [6.45, 7) is 2.01. The number of aromatic nitrogens is 1. The van der Waals surface area contributed by atoms with Crippen molar-refractivity contribution in [2.45, 2.75) is 6.92 Å². The van der Waals surface area contributed by atoms with Crippen molar-refractivity contribution in [3.63, 3.8) is 0 Å². The van der Waals surface area contributed by atoms with E-state index in [1.54, 1.807) is 24.3 Å². The van der Waals surface area contributed by atoms with Crippen molar-refractivity contribution in [2.24, 2.45) is 0 Å². The fourth-order valence-electron chi connectivity index (χ4n) is 2.03. The summed E-state index contributed by atoms with van der Waals surface area (Å²) >= 11 is 1.51. The Labute approximate surface area is 119 Å². The second-order valence-corrected chi connectivity index (χ2v) is 5.45. The van der Waals surface area contributed by atoms with E-state index < -0.39 is 5.97 Å². The molecule has 1 heterocycles. The normalized spacial score (nSPS) is 10.7. The van der Waals surface area contributed by atoms with E-state index in [1.165, 1.54) is 11.3 Å². The number of carboxylic acid groups (broad SMARTS) is 1. The summed E-state index contributed by atoms with van der Waals surface area (Å²) in [5, 5.41) is 13.0. The van der Waals surface area contributed by atoms with E-state index in [0.717, 1.165) is 15.8 Å². The predicted molar refractivity (Wildman–Crippen MR) is 81.0 cm³/mol. The van der Waals surface area contributed by atoms with Crippen LogP contribution in [0.4, 0.5) is 10.8 Å². The Morgan fingerprint density at radius 1 is 1.20 bits per heavy atom. The minimum atomic E-state index is -0.953. The SMILES string of the molecule is Cc1cccc2sc(Nc3ccccc3C(=O)O)nc12. The Morgan fingerprint density at radius 2 is 2.00 bits per heavy atom. The van der Waals surface area contributed by atoms with E-state index >= 15 is 0 Å². The molecule has 0 fully saturated rings. The Bertz CT molecular complexity index is 795. The number of para-hydroxylation sites is 2. The number of nitrogens with zero attached hydrogens (tertiary/aromatic N) is 1. The monoisotopic (exact) mass is 284 g/mol. The van der Waals surface area contributed by atoms with Crippen LogP contribution < -0.4 is 5.32 Å². The first-order chi connectivity index (χ1) is 9.65. The van der Waals surface area contributed by atoms with Crippen molar-refractivity contribution in [3.8, 4) is 0 Å². The van der Waals surface area contributed by atoms with Gasteiger partial charge >= 0.3 is 5.97 Å². The first-order valence-corrected chi connectivity index (χ1v) is 6.92. The summed E-state index contributed by atoms with van der Waals surface area (Å²) in [6, 6.07) is 12.8. The van der Waals surface area contributed by atoms with Crippen molar-refractivity contribution in [2.75, 3.05) is 5.32 Å². The second kappa shape index (κ2) is 4.94. The molecule has 3 rings (SSSR count). The molecule has 100 valence electrons. The highest BCUT2D eigenvalue weighted by Crippen LogP contribution is 2.30. The maximum atomic E-state index is 11.2. The molecule has 0 atom stereocenters. The number of anilines is 2. The summed E-state index contributed by atoms with van der Waals surface area (Å²) in [5.41, 5.74) is 2.85. The third kappa shape index (κ3) is 2.23. The number of aromatic carboxylic acids is 1. The quantitative estimate of drug-likeness (QED) is 0.761. The number of carboxylic acids is 1. The van der Waals surface area contributed by atoms with Crippen molar-refractivity contribution in [1.82, 2.24) is 4.98 Å². The summed E-state index contributed by atoms with van der Waals surface area (Å²) < 4.78 is 1.08. The molecule has 4 nitrogen and oxygen atoms in total. The molecule has 0 saturated heterocycles. The van der Waals surface area contributed by atoms with Crippen LogP contribution in [-0.2, 0) is 0 Å². The number of nitrogens with one attached hydrogen (secondary N) is 1. The number of thiazole rings is 1. The molecule has 20 heavy (non-hydrogen) atoms. The molecular weight excluding hydrogens is 272 g/mol. The van der Waals surface area contributed by atoms with Gasteiger partial charge in [0.2, 0.25) is 0 Å². The lowest BCUT2D eigenvalue weighted by molar-refractivity contribution is 0.0698. The van der Waals surface area contributed by atoms with E-state index in [9.17, 15) is 9.90 Å². The van der Waals surface area contributed by atoms with Crippen LogP contribution in [0.5, 0.6) is 0 Å². The van der Waals surface area contributed by atoms with Gasteiger partial charge in [0.25, 0.3) is 0 Å². The molecule has 5 heteroatoms. The molecule has 0 amide bonds. The van der Waals surface area contributed by atoms with Gasteiger partial charge in [-0.05, 0) is 30.7 Å². The van der Waals surface area contributed by atoms with Crippen LogP contribution in [-0.4, -0.2) is 16.1 Å². The van der Waals surface area contributed by atoms with E-state index in [2.05, 4.69) is 10.3 Å². The van der Waals surface area contributed by atoms with Crippen molar-refractivity contribution in [1.29, 1.82) is 0 Å². The third-order valence-electron chi connectivity index (χ3n) is 3.02. The first kappa shape index (κ1) is 12.6. The number of hydrogen-bond donors (Lipinski definition) is 2. The Hall–Kier alpha value is -2.40. The van der Waals surface area contributed by atoms with Crippen LogP contribution in [0.25, 0.3) is 10.2 Å². The smallest absolute Gasteiger partial charge is 0.337 e. The highest BCUT2D eigenvalue weighted by atomic mass is 32.1. The number of carbonyl (C=O) groups is 1. The van der Waals surface area contributed by atoms with E-state index in [0.29, 0.717) is 10.8 Å². The van der Waals surface area contributed by atoms with Crippen LogP contribution in [0.1, 0.15) is 15.9 Å². The van der Waals surface area contributed by atoms with Gasteiger partial charge in [-0.3, -0.25) is 0 Å². The van der Waals surface area contributed by atoms with Crippen LogP contribution in [0.2, 0.25) is 0 Å². The van der Waals surface area contributed by atoms with Gasteiger partial charge in [0.1, 0.15) is 0 Å². The summed E-state index contributed by atoms with van der Waals surface area (Å²) in [6.07, 6.45) is 0. The molecule has 0 bridgehead atoms. The maximum Gasteiger partial charge on any atom is 0.337 e. The zero-order chi connectivity index (χ0) is 14.1. The van der Waals surface area contributed by atoms with E-state index in [1.807, 2.05) is 25.1 Å². The molecule has 0 aliphatic heterocycles. The maximum absolute atomic E-state index is 11.2. The molecule has 0 saturated carbocycles. The Kier molecular flexibility index (Phi) is 3.12. The van der Waals surface area contributed by atoms with Gasteiger partial charge in [0, 0.05) is 0 Å². The van der Waals surface area contributed by atoms with Crippen LogP contribution >= 0.6 is 11.3 Å². The molecule has 3 aromatic rings. The van der Waals surface area contributed by atoms with Crippen molar-refractivity contribution in [3.05, 3.63) is 53.6 Å². The zero-order valence-corrected chi connectivity index (χ0v) is 11.6. The van der Waals surface area contributed by atoms with Crippen molar-refractivity contribution < 1.29 is 9.90 Å². The highest BCUT2D eigenvalue weighted by molar-refractivity contribution is 7.22. The lowest BCUT2D eigenvalue weighted by Crippen LogP contribution is -2.01. The molecule has 0 aliphatic carbocycles. The average Bonchev–Trinajstić information content (AvgIpc) is 2.83. The van der Waals surface area contributed by atoms with Gasteiger partial charge in [0.05, 0.1) is 21.5 Å².